The van der Waals surface area contributed by atoms with Crippen LogP contribution in [0.15, 0.2) is 72.8 Å². The molecular weight excluding hydrogens is 412 g/mol. The number of nitrogens with zero attached hydrogens (tertiary/aromatic N) is 2. The maximum atomic E-state index is 6.10. The number of imidazole rings is 1. The number of ether oxygens (including phenoxy) is 3. The van der Waals surface area contributed by atoms with Gasteiger partial charge in [-0.2, -0.15) is 0 Å². The maximum Gasteiger partial charge on any atom is 0.147 e. The Kier molecular flexibility index (Phi) is 7.51. The van der Waals surface area contributed by atoms with E-state index in [4.69, 9.17) is 19.2 Å². The summed E-state index contributed by atoms with van der Waals surface area (Å²) in [6, 6.07) is 24.2. The third-order valence-corrected chi connectivity index (χ3v) is 5.74. The van der Waals surface area contributed by atoms with E-state index in [1.807, 2.05) is 36.4 Å². The predicted molar refractivity (Wildman–Crippen MR) is 132 cm³/mol. The Morgan fingerprint density at radius 1 is 0.818 bits per heavy atom. The van der Waals surface area contributed by atoms with Crippen LogP contribution in [0.4, 0.5) is 0 Å². The number of methoxy groups -OCH3 is 1. The minimum atomic E-state index is 0.416. The SMILES string of the molecule is COc1ccc(OCc2nc3ccccc3n2CCCCOc2ccccc2C(C)C)cc1. The van der Waals surface area contributed by atoms with E-state index in [0.29, 0.717) is 19.1 Å². The van der Waals surface area contributed by atoms with Crippen molar-refractivity contribution in [2.75, 3.05) is 13.7 Å². The molecule has 0 fully saturated rings. The van der Waals surface area contributed by atoms with Gasteiger partial charge in [-0.1, -0.05) is 44.2 Å². The fraction of sp³-hybridized carbons (Fsp3) is 0.321. The Labute approximate surface area is 195 Å². The second kappa shape index (κ2) is 10.9. The summed E-state index contributed by atoms with van der Waals surface area (Å²) in [7, 11) is 1.66. The summed E-state index contributed by atoms with van der Waals surface area (Å²) in [6.07, 6.45) is 1.97. The predicted octanol–water partition coefficient (Wildman–Crippen LogP) is 6.61. The summed E-state index contributed by atoms with van der Waals surface area (Å²) in [4.78, 5) is 4.82. The Morgan fingerprint density at radius 3 is 2.33 bits per heavy atom. The van der Waals surface area contributed by atoms with Crippen LogP contribution in [0.1, 0.15) is 44.0 Å². The molecule has 0 radical (unpaired) electrons. The van der Waals surface area contributed by atoms with E-state index in [1.165, 1.54) is 5.56 Å². The van der Waals surface area contributed by atoms with Crippen LogP contribution in [0.5, 0.6) is 17.2 Å². The van der Waals surface area contributed by atoms with Gasteiger partial charge in [-0.15, -0.1) is 0 Å². The molecule has 0 aliphatic rings. The molecule has 0 spiro atoms. The van der Waals surface area contributed by atoms with Crippen molar-refractivity contribution in [3.05, 3.63) is 84.2 Å². The number of hydrogen-bond acceptors (Lipinski definition) is 4. The average molecular weight is 445 g/mol. The van der Waals surface area contributed by atoms with Crippen molar-refractivity contribution in [1.29, 1.82) is 0 Å². The molecule has 0 atom stereocenters. The van der Waals surface area contributed by atoms with E-state index in [-0.39, 0.29) is 0 Å². The highest BCUT2D eigenvalue weighted by atomic mass is 16.5. The van der Waals surface area contributed by atoms with Crippen molar-refractivity contribution in [2.24, 2.45) is 0 Å². The molecule has 4 rings (SSSR count). The van der Waals surface area contributed by atoms with E-state index in [2.05, 4.69) is 54.8 Å². The Bertz CT molecular complexity index is 1170. The van der Waals surface area contributed by atoms with Crippen molar-refractivity contribution in [3.63, 3.8) is 0 Å². The third kappa shape index (κ3) is 5.67. The minimum Gasteiger partial charge on any atom is -0.497 e. The lowest BCUT2D eigenvalue weighted by Crippen LogP contribution is -2.09. The lowest BCUT2D eigenvalue weighted by Gasteiger charge is -2.14. The lowest BCUT2D eigenvalue weighted by molar-refractivity contribution is 0.284. The summed E-state index contributed by atoms with van der Waals surface area (Å²) >= 11 is 0. The molecule has 33 heavy (non-hydrogen) atoms. The van der Waals surface area contributed by atoms with Gasteiger partial charge in [-0.25, -0.2) is 4.98 Å². The number of benzene rings is 3. The molecule has 5 heteroatoms. The number of aryl methyl sites for hydroxylation is 1. The highest BCUT2D eigenvalue weighted by Gasteiger charge is 2.12. The van der Waals surface area contributed by atoms with Crippen molar-refractivity contribution in [3.8, 4) is 17.2 Å². The van der Waals surface area contributed by atoms with E-state index in [1.54, 1.807) is 7.11 Å². The lowest BCUT2D eigenvalue weighted by atomic mass is 10.0. The Morgan fingerprint density at radius 2 is 1.55 bits per heavy atom. The molecule has 0 aliphatic carbocycles. The number of rotatable bonds is 11. The van der Waals surface area contributed by atoms with Crippen LogP contribution < -0.4 is 14.2 Å². The average Bonchev–Trinajstić information content (AvgIpc) is 3.20. The van der Waals surface area contributed by atoms with Gasteiger partial charge in [0, 0.05) is 6.54 Å². The summed E-state index contributed by atoms with van der Waals surface area (Å²) in [5.41, 5.74) is 3.39. The Balaban J connectivity index is 1.37. The molecule has 1 heterocycles. The highest BCUT2D eigenvalue weighted by molar-refractivity contribution is 5.75. The molecule has 0 bridgehead atoms. The van der Waals surface area contributed by atoms with Gasteiger partial charge in [0.05, 0.1) is 24.8 Å². The molecule has 5 nitrogen and oxygen atoms in total. The van der Waals surface area contributed by atoms with Gasteiger partial charge in [0.2, 0.25) is 0 Å². The molecule has 1 aromatic heterocycles. The molecule has 3 aromatic carbocycles. The van der Waals surface area contributed by atoms with Gasteiger partial charge in [0.15, 0.2) is 0 Å². The third-order valence-electron chi connectivity index (χ3n) is 5.74. The maximum absolute atomic E-state index is 6.10. The number of aromatic nitrogens is 2. The normalized spacial score (nSPS) is 11.2. The standard InChI is InChI=1S/C28H32N2O3/c1-21(2)24-10-4-7-13-27(24)32-19-9-8-18-30-26-12-6-5-11-25(26)29-28(30)20-33-23-16-14-22(31-3)15-17-23/h4-7,10-17,21H,8-9,18-20H2,1-3H3. The fourth-order valence-corrected chi connectivity index (χ4v) is 3.95. The van der Waals surface area contributed by atoms with E-state index < -0.39 is 0 Å². The largest absolute Gasteiger partial charge is 0.497 e. The van der Waals surface area contributed by atoms with E-state index >= 15 is 0 Å². The van der Waals surface area contributed by atoms with Crippen molar-refractivity contribution in [1.82, 2.24) is 9.55 Å². The molecule has 0 saturated carbocycles. The fourth-order valence-electron chi connectivity index (χ4n) is 3.95. The van der Waals surface area contributed by atoms with Gasteiger partial charge in [-0.3, -0.25) is 0 Å². The second-order valence-corrected chi connectivity index (χ2v) is 8.38. The molecule has 0 N–H and O–H groups in total. The molecular formula is C28H32N2O3. The first-order valence-corrected chi connectivity index (χ1v) is 11.6. The van der Waals surface area contributed by atoms with Crippen molar-refractivity contribution >= 4 is 11.0 Å². The molecule has 0 unspecified atom stereocenters. The smallest absolute Gasteiger partial charge is 0.147 e. The van der Waals surface area contributed by atoms with Crippen LogP contribution in [0, 0.1) is 0 Å². The number of hydrogen-bond donors (Lipinski definition) is 0. The van der Waals surface area contributed by atoms with Crippen LogP contribution in [0.3, 0.4) is 0 Å². The van der Waals surface area contributed by atoms with Crippen LogP contribution >= 0.6 is 0 Å². The van der Waals surface area contributed by atoms with Crippen LogP contribution in [0.2, 0.25) is 0 Å². The van der Waals surface area contributed by atoms with Crippen LogP contribution in [0.25, 0.3) is 11.0 Å². The number of unbranched alkanes of at least 4 members (excludes halogenated alkanes) is 1. The summed E-state index contributed by atoms with van der Waals surface area (Å²) in [6.45, 7) is 6.38. The van der Waals surface area contributed by atoms with Gasteiger partial charge in [0.25, 0.3) is 0 Å². The second-order valence-electron chi connectivity index (χ2n) is 8.38. The topological polar surface area (TPSA) is 45.5 Å². The van der Waals surface area contributed by atoms with Crippen molar-refractivity contribution in [2.45, 2.75) is 45.8 Å². The Hall–Kier alpha value is -3.47. The van der Waals surface area contributed by atoms with Gasteiger partial charge < -0.3 is 18.8 Å². The van der Waals surface area contributed by atoms with E-state index in [0.717, 1.165) is 53.5 Å². The highest BCUT2D eigenvalue weighted by Crippen LogP contribution is 2.26. The summed E-state index contributed by atoms with van der Waals surface area (Å²) in [5.74, 6) is 3.98. The molecule has 0 saturated heterocycles. The van der Waals surface area contributed by atoms with Crippen molar-refractivity contribution < 1.29 is 14.2 Å². The number of para-hydroxylation sites is 3. The minimum absolute atomic E-state index is 0.416. The van der Waals surface area contributed by atoms with Gasteiger partial charge in [0.1, 0.15) is 29.7 Å². The molecule has 0 aliphatic heterocycles. The first-order valence-electron chi connectivity index (χ1n) is 11.6. The summed E-state index contributed by atoms with van der Waals surface area (Å²) in [5, 5.41) is 0. The first-order chi connectivity index (χ1) is 16.2. The van der Waals surface area contributed by atoms with Gasteiger partial charge >= 0.3 is 0 Å². The monoisotopic (exact) mass is 444 g/mol. The zero-order valence-corrected chi connectivity index (χ0v) is 19.7. The summed E-state index contributed by atoms with van der Waals surface area (Å²) < 4.78 is 19.6. The quantitative estimate of drug-likeness (QED) is 0.244. The van der Waals surface area contributed by atoms with E-state index in [9.17, 15) is 0 Å². The zero-order valence-electron chi connectivity index (χ0n) is 19.7. The molecule has 172 valence electrons. The van der Waals surface area contributed by atoms with Crippen LogP contribution in [-0.4, -0.2) is 23.3 Å². The molecule has 4 aromatic rings. The van der Waals surface area contributed by atoms with Gasteiger partial charge in [-0.05, 0) is 66.8 Å². The number of fused-ring (bicyclic) bond motifs is 1. The van der Waals surface area contributed by atoms with Crippen LogP contribution in [-0.2, 0) is 13.2 Å². The zero-order chi connectivity index (χ0) is 23.0. The first kappa shape index (κ1) is 22.7. The molecule has 0 amide bonds.